The number of rotatable bonds is 3. The summed E-state index contributed by atoms with van der Waals surface area (Å²) in [5.41, 5.74) is 6.54. The fraction of sp³-hybridized carbons (Fsp3) is 0.556. The molecule has 0 radical (unpaired) electrons. The first-order valence-electron chi connectivity index (χ1n) is 4.47. The summed E-state index contributed by atoms with van der Waals surface area (Å²) >= 11 is 0. The lowest BCUT2D eigenvalue weighted by Crippen LogP contribution is -2.23. The zero-order valence-corrected chi connectivity index (χ0v) is 9.45. The molecule has 0 aliphatic heterocycles. The van der Waals surface area contributed by atoms with Crippen LogP contribution in [0.3, 0.4) is 0 Å². The van der Waals surface area contributed by atoms with Crippen LogP contribution in [0.2, 0.25) is 0 Å². The van der Waals surface area contributed by atoms with E-state index < -0.39 is 10.0 Å². The van der Waals surface area contributed by atoms with Crippen LogP contribution in [-0.4, -0.2) is 18.6 Å². The molecule has 5 heteroatoms. The van der Waals surface area contributed by atoms with Crippen LogP contribution < -0.4 is 5.73 Å². The van der Waals surface area contributed by atoms with E-state index in [1.54, 1.807) is 12.1 Å². The van der Waals surface area contributed by atoms with Gasteiger partial charge in [-0.1, -0.05) is 13.8 Å². The van der Waals surface area contributed by atoms with Gasteiger partial charge in [-0.05, 0) is 18.1 Å². The van der Waals surface area contributed by atoms with Crippen molar-refractivity contribution in [3.63, 3.8) is 0 Å². The molecule has 0 bridgehead atoms. The maximum Gasteiger partial charge on any atom is 0.235 e. The Morgan fingerprint density at radius 3 is 2.43 bits per heavy atom. The summed E-state index contributed by atoms with van der Waals surface area (Å²) in [5.74, 6) is 0.213. The minimum absolute atomic E-state index is 0.213. The molecule has 0 aromatic carbocycles. The van der Waals surface area contributed by atoms with Gasteiger partial charge in [-0.25, -0.2) is 12.4 Å². The van der Waals surface area contributed by atoms with E-state index in [9.17, 15) is 8.42 Å². The van der Waals surface area contributed by atoms with Crippen LogP contribution in [0.25, 0.3) is 0 Å². The van der Waals surface area contributed by atoms with Gasteiger partial charge in [0, 0.05) is 12.2 Å². The molecule has 1 aromatic heterocycles. The normalized spacial score (nSPS) is 14.6. The molecule has 0 saturated carbocycles. The molecule has 0 unspecified atom stereocenters. The minimum Gasteiger partial charge on any atom is -0.322 e. The first-order valence-corrected chi connectivity index (χ1v) is 6.32. The van der Waals surface area contributed by atoms with E-state index in [2.05, 4.69) is 0 Å². The molecule has 0 saturated heterocycles. The molecule has 0 aliphatic carbocycles. The fourth-order valence-corrected chi connectivity index (χ4v) is 2.14. The van der Waals surface area contributed by atoms with E-state index in [1.807, 2.05) is 13.8 Å². The molecule has 1 aromatic rings. The Labute approximate surface area is 84.8 Å². The number of aromatic nitrogens is 1. The smallest absolute Gasteiger partial charge is 0.235 e. The summed E-state index contributed by atoms with van der Waals surface area (Å²) in [5, 5.41) is 0. The molecular weight excluding hydrogens is 200 g/mol. The van der Waals surface area contributed by atoms with Gasteiger partial charge in [0.25, 0.3) is 0 Å². The second-order valence-corrected chi connectivity index (χ2v) is 5.62. The van der Waals surface area contributed by atoms with Crippen LogP contribution >= 0.6 is 0 Å². The maximum absolute atomic E-state index is 11.3. The third-order valence-electron chi connectivity index (χ3n) is 2.16. The topological polar surface area (TPSA) is 65.1 Å². The third kappa shape index (κ3) is 2.16. The zero-order chi connectivity index (χ0) is 10.9. The Hall–Kier alpha value is -0.810. The number of hydrogen-bond donors (Lipinski definition) is 1. The van der Waals surface area contributed by atoms with Gasteiger partial charge in [-0.2, -0.15) is 0 Å². The Bertz CT molecular complexity index is 406. The summed E-state index contributed by atoms with van der Waals surface area (Å²) in [7, 11) is -3.23. The monoisotopic (exact) mass is 216 g/mol. The first-order chi connectivity index (χ1) is 6.34. The Morgan fingerprint density at radius 2 is 2.00 bits per heavy atom. The number of nitrogens with zero attached hydrogens (tertiary/aromatic N) is 1. The standard InChI is InChI=1S/C9H16N2O2S/c1-7(2)9(10)8-5-4-6-11(8)14(3,12)13/h4-7,9H,10H2,1-3H3/t9-/m0/s1. The van der Waals surface area contributed by atoms with E-state index >= 15 is 0 Å². The highest BCUT2D eigenvalue weighted by molar-refractivity contribution is 7.89. The highest BCUT2D eigenvalue weighted by atomic mass is 32.2. The van der Waals surface area contributed by atoms with Gasteiger partial charge in [0.1, 0.15) is 0 Å². The fourth-order valence-electron chi connectivity index (χ4n) is 1.28. The van der Waals surface area contributed by atoms with E-state index in [0.717, 1.165) is 0 Å². The van der Waals surface area contributed by atoms with Crippen molar-refractivity contribution in [1.82, 2.24) is 3.97 Å². The minimum atomic E-state index is -3.23. The number of hydrogen-bond acceptors (Lipinski definition) is 3. The third-order valence-corrected chi connectivity index (χ3v) is 3.21. The lowest BCUT2D eigenvalue weighted by molar-refractivity contribution is 0.497. The lowest BCUT2D eigenvalue weighted by Gasteiger charge is -2.17. The van der Waals surface area contributed by atoms with Crippen molar-refractivity contribution in [2.75, 3.05) is 6.26 Å². The summed E-state index contributed by atoms with van der Waals surface area (Å²) in [6.07, 6.45) is 2.69. The molecule has 4 nitrogen and oxygen atoms in total. The molecule has 0 fully saturated rings. The molecule has 1 atom stereocenters. The van der Waals surface area contributed by atoms with Gasteiger partial charge in [0.05, 0.1) is 11.9 Å². The second kappa shape index (κ2) is 3.74. The molecule has 1 heterocycles. The molecular formula is C9H16N2O2S. The molecule has 1 rings (SSSR count). The van der Waals surface area contributed by atoms with Crippen LogP contribution in [0.5, 0.6) is 0 Å². The predicted molar refractivity (Wildman–Crippen MR) is 56.4 cm³/mol. The van der Waals surface area contributed by atoms with E-state index in [-0.39, 0.29) is 12.0 Å². The highest BCUT2D eigenvalue weighted by Crippen LogP contribution is 2.20. The largest absolute Gasteiger partial charge is 0.322 e. The zero-order valence-electron chi connectivity index (χ0n) is 8.64. The van der Waals surface area contributed by atoms with Gasteiger partial charge < -0.3 is 5.73 Å². The number of nitrogens with two attached hydrogens (primary N) is 1. The first kappa shape index (κ1) is 11.3. The molecule has 0 amide bonds. The summed E-state index contributed by atoms with van der Waals surface area (Å²) in [6, 6.07) is 3.18. The lowest BCUT2D eigenvalue weighted by atomic mass is 10.0. The summed E-state index contributed by atoms with van der Waals surface area (Å²) in [6.45, 7) is 3.93. The van der Waals surface area contributed by atoms with Crippen LogP contribution in [0.1, 0.15) is 25.6 Å². The van der Waals surface area contributed by atoms with Crippen molar-refractivity contribution < 1.29 is 8.42 Å². The second-order valence-electron chi connectivity index (χ2n) is 3.76. The van der Waals surface area contributed by atoms with Crippen molar-refractivity contribution in [1.29, 1.82) is 0 Å². The van der Waals surface area contributed by atoms with Gasteiger partial charge in [-0.3, -0.25) is 0 Å². The van der Waals surface area contributed by atoms with E-state index in [0.29, 0.717) is 5.69 Å². The SMILES string of the molecule is CC(C)[C@H](N)c1cccn1S(C)(=O)=O. The van der Waals surface area contributed by atoms with Gasteiger partial charge >= 0.3 is 0 Å². The van der Waals surface area contributed by atoms with Crippen LogP contribution in [0.15, 0.2) is 18.3 Å². The van der Waals surface area contributed by atoms with Gasteiger partial charge in [0.15, 0.2) is 0 Å². The van der Waals surface area contributed by atoms with Gasteiger partial charge in [-0.15, -0.1) is 0 Å². The average molecular weight is 216 g/mol. The van der Waals surface area contributed by atoms with E-state index in [4.69, 9.17) is 5.73 Å². The molecule has 14 heavy (non-hydrogen) atoms. The van der Waals surface area contributed by atoms with Crippen molar-refractivity contribution in [2.45, 2.75) is 19.9 Å². The Balaban J connectivity index is 3.18. The van der Waals surface area contributed by atoms with Crippen LogP contribution in [0, 0.1) is 5.92 Å². The summed E-state index contributed by atoms with van der Waals surface area (Å²) < 4.78 is 23.9. The molecule has 80 valence electrons. The van der Waals surface area contributed by atoms with E-state index in [1.165, 1.54) is 16.4 Å². The van der Waals surface area contributed by atoms with Crippen LogP contribution in [0.4, 0.5) is 0 Å². The molecule has 0 spiro atoms. The van der Waals surface area contributed by atoms with Gasteiger partial charge in [0.2, 0.25) is 10.0 Å². The Kier molecular flexibility index (Phi) is 3.01. The maximum atomic E-state index is 11.3. The van der Waals surface area contributed by atoms with Crippen molar-refractivity contribution >= 4 is 10.0 Å². The summed E-state index contributed by atoms with van der Waals surface area (Å²) in [4.78, 5) is 0. The van der Waals surface area contributed by atoms with Crippen LogP contribution in [-0.2, 0) is 10.0 Å². The molecule has 0 aliphatic rings. The highest BCUT2D eigenvalue weighted by Gasteiger charge is 2.18. The predicted octanol–water partition coefficient (Wildman–Crippen LogP) is 0.952. The van der Waals surface area contributed by atoms with Crippen molar-refractivity contribution in [2.24, 2.45) is 11.7 Å². The van der Waals surface area contributed by atoms with Crippen molar-refractivity contribution in [3.05, 3.63) is 24.0 Å². The average Bonchev–Trinajstić information content (AvgIpc) is 2.48. The quantitative estimate of drug-likeness (QED) is 0.818. The molecule has 2 N–H and O–H groups in total. The van der Waals surface area contributed by atoms with Crippen molar-refractivity contribution in [3.8, 4) is 0 Å². The Morgan fingerprint density at radius 1 is 1.43 bits per heavy atom.